The largest absolute Gasteiger partial charge is 0.300 e. The number of carbonyl (C=O) groups excluding carboxylic acids is 1. The number of hydrogen-bond donors (Lipinski definition) is 0. The highest BCUT2D eigenvalue weighted by Crippen LogP contribution is 2.43. The van der Waals surface area contributed by atoms with Gasteiger partial charge in [0, 0.05) is 12.5 Å². The van der Waals surface area contributed by atoms with Crippen LogP contribution < -0.4 is 0 Å². The van der Waals surface area contributed by atoms with E-state index in [1.165, 1.54) is 50.8 Å². The second-order valence-electron chi connectivity index (χ2n) is 6.17. The fourth-order valence-electron chi connectivity index (χ4n) is 4.40. The number of fused-ring (bicyclic) bond motifs is 2. The number of carbonyl (C=O) groups is 1. The van der Waals surface area contributed by atoms with Crippen LogP contribution in [0.5, 0.6) is 0 Å². The Bertz CT molecular complexity index is 369. The SMILES string of the molecule is CCCN1CCC[C@H]2C3=C(CC[C@H]21)C(=O)CCC3. The van der Waals surface area contributed by atoms with Crippen LogP contribution in [-0.4, -0.2) is 29.8 Å². The summed E-state index contributed by atoms with van der Waals surface area (Å²) in [4.78, 5) is 14.7. The Morgan fingerprint density at radius 3 is 2.89 bits per heavy atom. The molecule has 18 heavy (non-hydrogen) atoms. The lowest BCUT2D eigenvalue weighted by atomic mass is 9.69. The van der Waals surface area contributed by atoms with Crippen LogP contribution in [0, 0.1) is 5.92 Å². The lowest BCUT2D eigenvalue weighted by Gasteiger charge is -2.46. The number of piperidine rings is 1. The molecule has 0 aromatic rings. The van der Waals surface area contributed by atoms with Crippen LogP contribution in [-0.2, 0) is 4.79 Å². The standard InChI is InChI=1S/C16H25NO/c1-2-10-17-11-4-6-13-12-5-3-7-16(18)14(12)8-9-15(13)17/h13,15H,2-11H2,1H3/t13-,15+/m0/s1. The first-order chi connectivity index (χ1) is 8.81. The molecule has 1 aliphatic heterocycles. The Morgan fingerprint density at radius 2 is 2.06 bits per heavy atom. The van der Waals surface area contributed by atoms with Crippen molar-refractivity contribution >= 4 is 5.78 Å². The molecule has 2 heteroatoms. The molecule has 3 rings (SSSR count). The number of nitrogens with zero attached hydrogens (tertiary/aromatic N) is 1. The van der Waals surface area contributed by atoms with Crippen molar-refractivity contribution in [1.29, 1.82) is 0 Å². The molecule has 0 bridgehead atoms. The molecule has 3 aliphatic rings. The first-order valence-corrected chi connectivity index (χ1v) is 7.80. The van der Waals surface area contributed by atoms with Gasteiger partial charge in [-0.2, -0.15) is 0 Å². The van der Waals surface area contributed by atoms with Crippen LogP contribution in [0.25, 0.3) is 0 Å². The van der Waals surface area contributed by atoms with Crippen molar-refractivity contribution in [1.82, 2.24) is 4.90 Å². The van der Waals surface area contributed by atoms with E-state index in [9.17, 15) is 4.79 Å². The second-order valence-corrected chi connectivity index (χ2v) is 6.17. The van der Waals surface area contributed by atoms with Gasteiger partial charge >= 0.3 is 0 Å². The molecule has 0 N–H and O–H groups in total. The molecule has 0 spiro atoms. The Morgan fingerprint density at radius 1 is 1.17 bits per heavy atom. The third kappa shape index (κ3) is 2.05. The van der Waals surface area contributed by atoms with Gasteiger partial charge in [0.2, 0.25) is 0 Å². The van der Waals surface area contributed by atoms with Crippen LogP contribution in [0.1, 0.15) is 58.3 Å². The molecule has 0 saturated carbocycles. The van der Waals surface area contributed by atoms with E-state index in [4.69, 9.17) is 0 Å². The Kier molecular flexibility index (Phi) is 3.56. The van der Waals surface area contributed by atoms with E-state index in [1.807, 2.05) is 0 Å². The van der Waals surface area contributed by atoms with Gasteiger partial charge in [0.05, 0.1) is 0 Å². The molecule has 0 aromatic heterocycles. The van der Waals surface area contributed by atoms with Crippen molar-refractivity contribution in [3.05, 3.63) is 11.1 Å². The van der Waals surface area contributed by atoms with Gasteiger partial charge in [0.1, 0.15) is 0 Å². The Balaban J connectivity index is 1.85. The molecule has 1 fully saturated rings. The predicted molar refractivity (Wildman–Crippen MR) is 73.5 cm³/mol. The fourth-order valence-corrected chi connectivity index (χ4v) is 4.40. The van der Waals surface area contributed by atoms with Crippen LogP contribution in [0.2, 0.25) is 0 Å². The van der Waals surface area contributed by atoms with Gasteiger partial charge in [-0.25, -0.2) is 0 Å². The van der Waals surface area contributed by atoms with Gasteiger partial charge in [-0.05, 0) is 69.5 Å². The van der Waals surface area contributed by atoms with Gasteiger partial charge < -0.3 is 0 Å². The average molecular weight is 247 g/mol. The summed E-state index contributed by atoms with van der Waals surface area (Å²) in [6, 6.07) is 0.753. The molecular weight excluding hydrogens is 222 g/mol. The van der Waals surface area contributed by atoms with Crippen molar-refractivity contribution < 1.29 is 4.79 Å². The minimum atomic E-state index is 0.474. The maximum absolute atomic E-state index is 12.0. The average Bonchev–Trinajstić information content (AvgIpc) is 2.40. The fraction of sp³-hybridized carbons (Fsp3) is 0.812. The van der Waals surface area contributed by atoms with E-state index < -0.39 is 0 Å². The minimum Gasteiger partial charge on any atom is -0.300 e. The first kappa shape index (κ1) is 12.4. The van der Waals surface area contributed by atoms with E-state index >= 15 is 0 Å². The molecule has 1 saturated heterocycles. The highest BCUT2D eigenvalue weighted by atomic mass is 16.1. The number of rotatable bonds is 2. The molecule has 0 unspecified atom stereocenters. The van der Waals surface area contributed by atoms with Gasteiger partial charge in [0.25, 0.3) is 0 Å². The summed E-state index contributed by atoms with van der Waals surface area (Å²) in [5.74, 6) is 1.20. The maximum atomic E-state index is 12.0. The van der Waals surface area contributed by atoms with Gasteiger partial charge in [-0.3, -0.25) is 9.69 Å². The summed E-state index contributed by atoms with van der Waals surface area (Å²) in [6.45, 7) is 4.81. The normalized spacial score (nSPS) is 33.3. The first-order valence-electron chi connectivity index (χ1n) is 7.80. The van der Waals surface area contributed by atoms with Crippen molar-refractivity contribution in [2.45, 2.75) is 64.3 Å². The smallest absolute Gasteiger partial charge is 0.158 e. The Labute approximate surface area is 110 Å². The second kappa shape index (κ2) is 5.16. The third-order valence-corrected chi connectivity index (χ3v) is 5.12. The van der Waals surface area contributed by atoms with Crippen LogP contribution in [0.4, 0.5) is 0 Å². The number of hydrogen-bond acceptors (Lipinski definition) is 2. The molecular formula is C16H25NO. The predicted octanol–water partition coefficient (Wildman–Crippen LogP) is 3.32. The molecule has 0 amide bonds. The summed E-state index contributed by atoms with van der Waals surface area (Å²) >= 11 is 0. The zero-order chi connectivity index (χ0) is 12.5. The van der Waals surface area contributed by atoms with Crippen molar-refractivity contribution in [2.24, 2.45) is 5.92 Å². The van der Waals surface area contributed by atoms with Crippen LogP contribution in [0.3, 0.4) is 0 Å². The summed E-state index contributed by atoms with van der Waals surface area (Å²) in [5, 5.41) is 0. The lowest BCUT2D eigenvalue weighted by Crippen LogP contribution is -2.48. The topological polar surface area (TPSA) is 20.3 Å². The molecule has 2 atom stereocenters. The number of ketones is 1. The quantitative estimate of drug-likeness (QED) is 0.746. The highest BCUT2D eigenvalue weighted by molar-refractivity contribution is 5.97. The highest BCUT2D eigenvalue weighted by Gasteiger charge is 2.39. The van der Waals surface area contributed by atoms with Crippen molar-refractivity contribution in [3.63, 3.8) is 0 Å². The molecule has 100 valence electrons. The van der Waals surface area contributed by atoms with E-state index in [2.05, 4.69) is 11.8 Å². The number of likely N-dealkylation sites (tertiary alicyclic amines) is 1. The van der Waals surface area contributed by atoms with Gasteiger partial charge in [-0.15, -0.1) is 0 Å². The zero-order valence-electron chi connectivity index (χ0n) is 11.6. The zero-order valence-corrected chi connectivity index (χ0v) is 11.6. The summed E-state index contributed by atoms with van der Waals surface area (Å²) in [5.41, 5.74) is 2.82. The molecule has 0 radical (unpaired) electrons. The van der Waals surface area contributed by atoms with Crippen LogP contribution >= 0.6 is 0 Å². The summed E-state index contributed by atoms with van der Waals surface area (Å²) in [7, 11) is 0. The van der Waals surface area contributed by atoms with E-state index in [-0.39, 0.29) is 0 Å². The monoisotopic (exact) mass is 247 g/mol. The minimum absolute atomic E-state index is 0.474. The van der Waals surface area contributed by atoms with E-state index in [1.54, 1.807) is 5.57 Å². The molecule has 0 aromatic carbocycles. The molecule has 2 nitrogen and oxygen atoms in total. The van der Waals surface area contributed by atoms with Crippen LogP contribution in [0.15, 0.2) is 11.1 Å². The van der Waals surface area contributed by atoms with Crippen molar-refractivity contribution in [3.8, 4) is 0 Å². The third-order valence-electron chi connectivity index (χ3n) is 5.12. The maximum Gasteiger partial charge on any atom is 0.158 e. The number of Topliss-reactive ketones (excluding diaryl/α,β-unsaturated/α-hetero) is 1. The number of allylic oxidation sites excluding steroid dienone is 1. The van der Waals surface area contributed by atoms with E-state index in [0.717, 1.165) is 31.2 Å². The Hall–Kier alpha value is -0.630. The molecule has 2 aliphatic carbocycles. The summed E-state index contributed by atoms with van der Waals surface area (Å²) < 4.78 is 0. The molecule has 1 heterocycles. The van der Waals surface area contributed by atoms with Crippen molar-refractivity contribution in [2.75, 3.05) is 13.1 Å². The summed E-state index contributed by atoms with van der Waals surface area (Å²) in [6.07, 6.45) is 9.34. The van der Waals surface area contributed by atoms with Gasteiger partial charge in [0.15, 0.2) is 5.78 Å². The van der Waals surface area contributed by atoms with E-state index in [0.29, 0.717) is 5.78 Å². The lowest BCUT2D eigenvalue weighted by molar-refractivity contribution is -0.116. The van der Waals surface area contributed by atoms with Gasteiger partial charge in [-0.1, -0.05) is 12.5 Å².